The Morgan fingerprint density at radius 1 is 1.29 bits per heavy atom. The monoisotopic (exact) mass is 317 g/mol. The SMILES string of the molecule is Brc1ccc(Br)c(Oc2cocn2)c1. The van der Waals surface area contributed by atoms with E-state index in [2.05, 4.69) is 36.8 Å². The van der Waals surface area contributed by atoms with E-state index < -0.39 is 0 Å². The molecular weight excluding hydrogens is 314 g/mol. The van der Waals surface area contributed by atoms with Crippen molar-refractivity contribution >= 4 is 31.9 Å². The second-order valence-electron chi connectivity index (χ2n) is 2.50. The number of hydrogen-bond acceptors (Lipinski definition) is 3. The summed E-state index contributed by atoms with van der Waals surface area (Å²) in [6, 6.07) is 5.65. The Bertz CT molecular complexity index is 428. The first-order valence-corrected chi connectivity index (χ1v) is 5.35. The van der Waals surface area contributed by atoms with Crippen molar-refractivity contribution in [1.82, 2.24) is 4.98 Å². The minimum absolute atomic E-state index is 0.434. The quantitative estimate of drug-likeness (QED) is 0.839. The van der Waals surface area contributed by atoms with E-state index in [-0.39, 0.29) is 0 Å². The van der Waals surface area contributed by atoms with Crippen LogP contribution in [0.2, 0.25) is 0 Å². The van der Waals surface area contributed by atoms with Gasteiger partial charge in [0.25, 0.3) is 5.88 Å². The number of hydrogen-bond donors (Lipinski definition) is 0. The Hall–Kier alpha value is -0.810. The van der Waals surface area contributed by atoms with E-state index in [0.29, 0.717) is 11.6 Å². The van der Waals surface area contributed by atoms with Gasteiger partial charge in [0.1, 0.15) is 5.75 Å². The maximum Gasteiger partial charge on any atom is 0.258 e. The van der Waals surface area contributed by atoms with Gasteiger partial charge in [0.05, 0.1) is 4.47 Å². The summed E-state index contributed by atoms with van der Waals surface area (Å²) in [7, 11) is 0. The summed E-state index contributed by atoms with van der Waals surface area (Å²) in [5.41, 5.74) is 0. The first-order chi connectivity index (χ1) is 6.75. The average Bonchev–Trinajstić information content (AvgIpc) is 2.64. The van der Waals surface area contributed by atoms with Crippen molar-refractivity contribution in [1.29, 1.82) is 0 Å². The van der Waals surface area contributed by atoms with Crippen LogP contribution in [0.4, 0.5) is 0 Å². The van der Waals surface area contributed by atoms with E-state index >= 15 is 0 Å². The molecule has 5 heteroatoms. The normalized spacial score (nSPS) is 10.1. The fourth-order valence-corrected chi connectivity index (χ4v) is 1.59. The maximum absolute atomic E-state index is 5.45. The van der Waals surface area contributed by atoms with E-state index in [0.717, 1.165) is 8.95 Å². The third kappa shape index (κ3) is 2.16. The van der Waals surface area contributed by atoms with Crippen molar-refractivity contribution in [3.63, 3.8) is 0 Å². The highest BCUT2D eigenvalue weighted by atomic mass is 79.9. The lowest BCUT2D eigenvalue weighted by Gasteiger charge is -2.04. The second-order valence-corrected chi connectivity index (χ2v) is 4.27. The molecule has 0 aliphatic heterocycles. The maximum atomic E-state index is 5.45. The second kappa shape index (κ2) is 4.14. The van der Waals surface area contributed by atoms with Gasteiger partial charge in [-0.3, -0.25) is 0 Å². The summed E-state index contributed by atoms with van der Waals surface area (Å²) in [5, 5.41) is 0. The number of aromatic nitrogens is 1. The molecule has 0 spiro atoms. The van der Waals surface area contributed by atoms with Crippen LogP contribution in [0.5, 0.6) is 11.6 Å². The van der Waals surface area contributed by atoms with Crippen molar-refractivity contribution in [2.45, 2.75) is 0 Å². The third-order valence-corrected chi connectivity index (χ3v) is 2.67. The molecule has 72 valence electrons. The highest BCUT2D eigenvalue weighted by Gasteiger charge is 2.04. The number of benzene rings is 1. The standard InChI is InChI=1S/C9H5Br2NO2/c10-6-1-2-7(11)8(3-6)14-9-4-13-5-12-9/h1-5H. The molecular formula is C9H5Br2NO2. The molecule has 0 aliphatic carbocycles. The Balaban J connectivity index is 2.28. The van der Waals surface area contributed by atoms with Gasteiger partial charge in [-0.1, -0.05) is 15.9 Å². The Kier molecular flexibility index (Phi) is 2.88. The Labute approximate surface area is 97.4 Å². The fraction of sp³-hybridized carbons (Fsp3) is 0. The Morgan fingerprint density at radius 3 is 2.86 bits per heavy atom. The zero-order valence-corrected chi connectivity index (χ0v) is 10.1. The van der Waals surface area contributed by atoms with Gasteiger partial charge >= 0.3 is 0 Å². The van der Waals surface area contributed by atoms with Crippen LogP contribution in [0.15, 0.2) is 44.2 Å². The lowest BCUT2D eigenvalue weighted by molar-refractivity contribution is 0.454. The van der Waals surface area contributed by atoms with Gasteiger partial charge in [0.2, 0.25) is 0 Å². The van der Waals surface area contributed by atoms with Crippen LogP contribution < -0.4 is 4.74 Å². The molecule has 1 aromatic carbocycles. The number of halogens is 2. The van der Waals surface area contributed by atoms with E-state index in [1.165, 1.54) is 12.7 Å². The molecule has 14 heavy (non-hydrogen) atoms. The van der Waals surface area contributed by atoms with Crippen LogP contribution in [-0.4, -0.2) is 4.98 Å². The van der Waals surface area contributed by atoms with Gasteiger partial charge in [-0.15, -0.1) is 0 Å². The van der Waals surface area contributed by atoms with Gasteiger partial charge < -0.3 is 9.15 Å². The molecule has 0 saturated heterocycles. The molecule has 3 nitrogen and oxygen atoms in total. The van der Waals surface area contributed by atoms with Crippen molar-refractivity contribution in [3.05, 3.63) is 39.8 Å². The molecule has 2 aromatic rings. The van der Waals surface area contributed by atoms with Gasteiger partial charge in [0.15, 0.2) is 12.7 Å². The molecule has 0 saturated carbocycles. The van der Waals surface area contributed by atoms with Crippen molar-refractivity contribution < 1.29 is 9.15 Å². The molecule has 1 heterocycles. The molecule has 1 aromatic heterocycles. The smallest absolute Gasteiger partial charge is 0.258 e. The summed E-state index contributed by atoms with van der Waals surface area (Å²) in [5.74, 6) is 1.12. The molecule has 0 bridgehead atoms. The Morgan fingerprint density at radius 2 is 2.14 bits per heavy atom. The van der Waals surface area contributed by atoms with Crippen LogP contribution in [0.3, 0.4) is 0 Å². The summed E-state index contributed by atoms with van der Waals surface area (Å²) >= 11 is 6.73. The first-order valence-electron chi connectivity index (χ1n) is 3.77. The van der Waals surface area contributed by atoms with Crippen molar-refractivity contribution in [2.24, 2.45) is 0 Å². The van der Waals surface area contributed by atoms with Gasteiger partial charge in [-0.2, -0.15) is 4.98 Å². The van der Waals surface area contributed by atoms with E-state index in [1.807, 2.05) is 18.2 Å². The van der Waals surface area contributed by atoms with Crippen LogP contribution in [-0.2, 0) is 0 Å². The zero-order valence-electron chi connectivity index (χ0n) is 6.91. The highest BCUT2D eigenvalue weighted by Crippen LogP contribution is 2.31. The number of nitrogens with zero attached hydrogens (tertiary/aromatic N) is 1. The average molecular weight is 319 g/mol. The summed E-state index contributed by atoms with van der Waals surface area (Å²) in [4.78, 5) is 3.86. The number of oxazole rings is 1. The summed E-state index contributed by atoms with van der Waals surface area (Å²) < 4.78 is 12.1. The van der Waals surface area contributed by atoms with Gasteiger partial charge in [-0.25, -0.2) is 0 Å². The van der Waals surface area contributed by atoms with Gasteiger partial charge in [0, 0.05) is 4.47 Å². The molecule has 0 aliphatic rings. The first kappa shape index (κ1) is 9.73. The predicted octanol–water partition coefficient (Wildman–Crippen LogP) is 3.99. The largest absolute Gasteiger partial charge is 0.448 e. The number of rotatable bonds is 2. The molecule has 0 radical (unpaired) electrons. The summed E-state index contributed by atoms with van der Waals surface area (Å²) in [6.45, 7) is 0. The van der Waals surface area contributed by atoms with Crippen LogP contribution in [0.25, 0.3) is 0 Å². The fourth-order valence-electron chi connectivity index (χ4n) is 0.920. The lowest BCUT2D eigenvalue weighted by Crippen LogP contribution is -1.84. The van der Waals surface area contributed by atoms with E-state index in [4.69, 9.17) is 9.15 Å². The number of ether oxygens (including phenoxy) is 1. The van der Waals surface area contributed by atoms with Crippen LogP contribution in [0, 0.1) is 0 Å². The molecule has 0 amide bonds. The highest BCUT2D eigenvalue weighted by molar-refractivity contribution is 9.11. The van der Waals surface area contributed by atoms with Crippen LogP contribution in [0.1, 0.15) is 0 Å². The zero-order chi connectivity index (χ0) is 9.97. The van der Waals surface area contributed by atoms with Crippen molar-refractivity contribution in [2.75, 3.05) is 0 Å². The minimum Gasteiger partial charge on any atom is -0.448 e. The molecule has 0 unspecified atom stereocenters. The van der Waals surface area contributed by atoms with E-state index in [9.17, 15) is 0 Å². The predicted molar refractivity (Wildman–Crippen MR) is 58.4 cm³/mol. The molecule has 0 atom stereocenters. The molecule has 0 N–H and O–H groups in total. The lowest BCUT2D eigenvalue weighted by atomic mass is 10.3. The van der Waals surface area contributed by atoms with Crippen molar-refractivity contribution in [3.8, 4) is 11.6 Å². The molecule has 2 rings (SSSR count). The third-order valence-electron chi connectivity index (χ3n) is 1.52. The summed E-state index contributed by atoms with van der Waals surface area (Å²) in [6.07, 6.45) is 2.76. The minimum atomic E-state index is 0.434. The van der Waals surface area contributed by atoms with E-state index in [1.54, 1.807) is 0 Å². The van der Waals surface area contributed by atoms with Gasteiger partial charge in [-0.05, 0) is 34.1 Å². The van der Waals surface area contributed by atoms with Crippen LogP contribution >= 0.6 is 31.9 Å². The molecule has 0 fully saturated rings. The topological polar surface area (TPSA) is 35.3 Å².